The zero-order valence-electron chi connectivity index (χ0n) is 23.9. The third-order valence-electron chi connectivity index (χ3n) is 6.25. The molecule has 0 aliphatic carbocycles. The number of hydrogen-bond acceptors (Lipinski definition) is 6. The molecule has 8 nitrogen and oxygen atoms in total. The van der Waals surface area contributed by atoms with Crippen molar-refractivity contribution in [2.75, 3.05) is 17.6 Å². The SMILES string of the molecule is CC(C)(C)SC[C@@H](NC(=O)CCCCNc1ccccn1)C(=O)NC(CC(=O)O)c1ccc(-c2ccccc2)cc1. The van der Waals surface area contributed by atoms with Gasteiger partial charge in [0.2, 0.25) is 11.8 Å². The smallest absolute Gasteiger partial charge is 0.305 e. The molecule has 0 radical (unpaired) electrons. The predicted octanol–water partition coefficient (Wildman–Crippen LogP) is 5.68. The Morgan fingerprint density at radius 3 is 2.20 bits per heavy atom. The van der Waals surface area contributed by atoms with Gasteiger partial charge in [-0.15, -0.1) is 0 Å². The number of carboxylic acid groups (broad SMARTS) is 1. The first-order chi connectivity index (χ1) is 19.6. The minimum Gasteiger partial charge on any atom is -0.481 e. The van der Waals surface area contributed by atoms with E-state index in [0.29, 0.717) is 24.3 Å². The third-order valence-corrected chi connectivity index (χ3v) is 7.62. The number of amides is 2. The van der Waals surface area contributed by atoms with Gasteiger partial charge in [0.15, 0.2) is 0 Å². The minimum absolute atomic E-state index is 0.117. The highest BCUT2D eigenvalue weighted by Crippen LogP contribution is 2.26. The van der Waals surface area contributed by atoms with Crippen LogP contribution in [0, 0.1) is 0 Å². The standard InChI is InChI=1S/C32H40N4O4S/c1-32(2,3)41-22-27(35-29(37)14-8-10-20-34-28-13-7-9-19-33-28)31(40)36-26(21-30(38)39)25-17-15-24(16-18-25)23-11-5-4-6-12-23/h4-7,9,11-13,15-19,26-27H,8,10,14,20-22H2,1-3H3,(H,33,34)(H,35,37)(H,36,40)(H,38,39)/t26?,27-/m1/s1. The second-order valence-electron chi connectivity index (χ2n) is 10.8. The number of nitrogens with one attached hydrogen (secondary N) is 3. The largest absolute Gasteiger partial charge is 0.481 e. The van der Waals surface area contributed by atoms with E-state index in [-0.39, 0.29) is 23.5 Å². The van der Waals surface area contributed by atoms with Crippen LogP contribution >= 0.6 is 11.8 Å². The van der Waals surface area contributed by atoms with Gasteiger partial charge < -0.3 is 21.1 Å². The Kier molecular flexibility index (Phi) is 12.2. The molecule has 41 heavy (non-hydrogen) atoms. The molecule has 0 fully saturated rings. The number of thioether (sulfide) groups is 1. The van der Waals surface area contributed by atoms with Crippen LogP contribution in [0.1, 0.15) is 58.1 Å². The van der Waals surface area contributed by atoms with Crippen molar-refractivity contribution >= 4 is 35.4 Å². The maximum atomic E-state index is 13.4. The first-order valence-electron chi connectivity index (χ1n) is 13.9. The molecule has 3 rings (SSSR count). The summed E-state index contributed by atoms with van der Waals surface area (Å²) in [6, 6.07) is 21.5. The fraction of sp³-hybridized carbons (Fsp3) is 0.375. The Morgan fingerprint density at radius 2 is 1.56 bits per heavy atom. The number of aliphatic carboxylic acids is 1. The molecule has 1 heterocycles. The summed E-state index contributed by atoms with van der Waals surface area (Å²) in [4.78, 5) is 42.1. The zero-order valence-corrected chi connectivity index (χ0v) is 24.7. The van der Waals surface area contributed by atoms with Crippen molar-refractivity contribution < 1.29 is 19.5 Å². The van der Waals surface area contributed by atoms with Gasteiger partial charge in [-0.2, -0.15) is 11.8 Å². The number of carbonyl (C=O) groups excluding carboxylic acids is 2. The quantitative estimate of drug-likeness (QED) is 0.172. The summed E-state index contributed by atoms with van der Waals surface area (Å²) in [6.45, 7) is 6.83. The second kappa shape index (κ2) is 15.8. The molecule has 0 spiro atoms. The highest BCUT2D eigenvalue weighted by atomic mass is 32.2. The summed E-state index contributed by atoms with van der Waals surface area (Å²) in [7, 11) is 0. The van der Waals surface area contributed by atoms with Crippen LogP contribution < -0.4 is 16.0 Å². The topological polar surface area (TPSA) is 120 Å². The monoisotopic (exact) mass is 576 g/mol. The van der Waals surface area contributed by atoms with Crippen molar-refractivity contribution in [2.45, 2.75) is 63.3 Å². The zero-order chi connectivity index (χ0) is 29.7. The Balaban J connectivity index is 1.61. The molecule has 0 aliphatic heterocycles. The molecule has 0 saturated heterocycles. The number of carbonyl (C=O) groups is 3. The van der Waals surface area contributed by atoms with Gasteiger partial charge in [-0.1, -0.05) is 81.4 Å². The van der Waals surface area contributed by atoms with Crippen molar-refractivity contribution in [1.29, 1.82) is 0 Å². The number of carboxylic acids is 1. The van der Waals surface area contributed by atoms with Crippen molar-refractivity contribution in [3.8, 4) is 11.1 Å². The van der Waals surface area contributed by atoms with Crippen LogP contribution in [0.2, 0.25) is 0 Å². The van der Waals surface area contributed by atoms with Crippen LogP contribution in [-0.4, -0.2) is 51.0 Å². The average Bonchev–Trinajstić information content (AvgIpc) is 2.95. The Bertz CT molecular complexity index is 1250. The predicted molar refractivity (Wildman–Crippen MR) is 166 cm³/mol. The van der Waals surface area contributed by atoms with Crippen LogP contribution in [0.4, 0.5) is 5.82 Å². The first kappa shape index (κ1) is 31.7. The lowest BCUT2D eigenvalue weighted by atomic mass is 9.99. The average molecular weight is 577 g/mol. The summed E-state index contributed by atoms with van der Waals surface area (Å²) in [5, 5.41) is 18.6. The normalized spacial score (nSPS) is 12.7. The number of benzene rings is 2. The Morgan fingerprint density at radius 1 is 0.878 bits per heavy atom. The molecule has 1 unspecified atom stereocenters. The van der Waals surface area contributed by atoms with E-state index in [2.05, 4.69) is 20.9 Å². The molecule has 9 heteroatoms. The molecule has 2 aromatic carbocycles. The van der Waals surface area contributed by atoms with E-state index in [0.717, 1.165) is 23.4 Å². The highest BCUT2D eigenvalue weighted by molar-refractivity contribution is 8.00. The van der Waals surface area contributed by atoms with Gasteiger partial charge >= 0.3 is 5.97 Å². The minimum atomic E-state index is -1.02. The molecule has 1 aromatic heterocycles. The second-order valence-corrected chi connectivity index (χ2v) is 12.6. The number of unbranched alkanes of at least 4 members (excludes halogenated alkanes) is 1. The summed E-state index contributed by atoms with van der Waals surface area (Å²) in [5.74, 6) is -0.468. The lowest BCUT2D eigenvalue weighted by Gasteiger charge is -2.26. The maximum absolute atomic E-state index is 13.4. The van der Waals surface area contributed by atoms with Gasteiger partial charge in [-0.25, -0.2) is 4.98 Å². The lowest BCUT2D eigenvalue weighted by Crippen LogP contribution is -2.49. The van der Waals surface area contributed by atoms with Crippen LogP contribution in [-0.2, 0) is 14.4 Å². The van der Waals surface area contributed by atoms with E-state index in [1.807, 2.05) is 93.6 Å². The summed E-state index contributed by atoms with van der Waals surface area (Å²) in [5.41, 5.74) is 2.73. The summed E-state index contributed by atoms with van der Waals surface area (Å²) >= 11 is 1.57. The lowest BCUT2D eigenvalue weighted by molar-refractivity contribution is -0.138. The van der Waals surface area contributed by atoms with Gasteiger partial charge in [-0.3, -0.25) is 14.4 Å². The van der Waals surface area contributed by atoms with Gasteiger partial charge in [0.05, 0.1) is 12.5 Å². The molecule has 0 aliphatic rings. The van der Waals surface area contributed by atoms with Crippen molar-refractivity contribution in [2.24, 2.45) is 0 Å². The summed E-state index contributed by atoms with van der Waals surface area (Å²) in [6.07, 6.45) is 3.16. The molecular formula is C32H40N4O4S. The van der Waals surface area contributed by atoms with Gasteiger partial charge in [-0.05, 0) is 41.7 Å². The van der Waals surface area contributed by atoms with E-state index in [4.69, 9.17) is 0 Å². The van der Waals surface area contributed by atoms with Crippen molar-refractivity contribution in [1.82, 2.24) is 15.6 Å². The number of pyridine rings is 1. The van der Waals surface area contributed by atoms with E-state index in [1.165, 1.54) is 0 Å². The summed E-state index contributed by atoms with van der Waals surface area (Å²) < 4.78 is -0.117. The molecule has 2 atom stereocenters. The molecule has 3 aromatic rings. The number of rotatable bonds is 15. The fourth-order valence-corrected chi connectivity index (χ4v) is 5.02. The van der Waals surface area contributed by atoms with Gasteiger partial charge in [0.25, 0.3) is 0 Å². The molecular weight excluding hydrogens is 536 g/mol. The number of aromatic nitrogens is 1. The van der Waals surface area contributed by atoms with Crippen molar-refractivity contribution in [3.05, 3.63) is 84.6 Å². The molecule has 2 amide bonds. The third kappa shape index (κ3) is 11.7. The van der Waals surface area contributed by atoms with E-state index in [1.54, 1.807) is 18.0 Å². The first-order valence-corrected chi connectivity index (χ1v) is 14.8. The van der Waals surface area contributed by atoms with E-state index < -0.39 is 24.0 Å². The molecule has 218 valence electrons. The molecule has 0 saturated carbocycles. The Labute approximate surface area is 246 Å². The van der Waals surface area contributed by atoms with E-state index >= 15 is 0 Å². The number of hydrogen-bond donors (Lipinski definition) is 4. The van der Waals surface area contributed by atoms with Crippen molar-refractivity contribution in [3.63, 3.8) is 0 Å². The maximum Gasteiger partial charge on any atom is 0.305 e. The van der Waals surface area contributed by atoms with Crippen LogP contribution in [0.25, 0.3) is 11.1 Å². The molecule has 0 bridgehead atoms. The number of anilines is 1. The van der Waals surface area contributed by atoms with Crippen LogP contribution in [0.3, 0.4) is 0 Å². The van der Waals surface area contributed by atoms with Gasteiger partial charge in [0, 0.05) is 29.7 Å². The Hall–Kier alpha value is -3.85. The highest BCUT2D eigenvalue weighted by Gasteiger charge is 2.27. The van der Waals surface area contributed by atoms with Crippen LogP contribution in [0.5, 0.6) is 0 Å². The van der Waals surface area contributed by atoms with Crippen LogP contribution in [0.15, 0.2) is 79.0 Å². The van der Waals surface area contributed by atoms with E-state index in [9.17, 15) is 19.5 Å². The molecule has 4 N–H and O–H groups in total. The number of nitrogens with zero attached hydrogens (tertiary/aromatic N) is 1. The van der Waals surface area contributed by atoms with Gasteiger partial charge in [0.1, 0.15) is 11.9 Å². The fourth-order valence-electron chi connectivity index (χ4n) is 4.11.